The fourth-order valence-electron chi connectivity index (χ4n) is 2.07. The maximum absolute atomic E-state index is 12.3. The summed E-state index contributed by atoms with van der Waals surface area (Å²) < 4.78 is 5.40. The van der Waals surface area contributed by atoms with Gasteiger partial charge in [0.2, 0.25) is 12.0 Å². The lowest BCUT2D eigenvalue weighted by molar-refractivity contribution is -0.138. The van der Waals surface area contributed by atoms with Gasteiger partial charge in [-0.05, 0) is 24.3 Å². The Balaban J connectivity index is 2.24. The number of benzene rings is 2. The molecule has 0 saturated carbocycles. The number of likely N-dealkylation sites (N-methyl/N-ethyl adjacent to an activating group) is 1. The zero-order valence-electron chi connectivity index (χ0n) is 13.4. The standard InChI is InChI=1S/C18H18N2O4/c1-20(2)17(22)15(12-6-4-3-5-7-12)24-18(23)14-10-8-13(9-11-14)16(19)21/h3-11,15H,1-2H3,(H2,19,21)/t15-/m0/s1. The van der Waals surface area contributed by atoms with Crippen molar-refractivity contribution < 1.29 is 19.1 Å². The van der Waals surface area contributed by atoms with Gasteiger partial charge in [-0.15, -0.1) is 0 Å². The van der Waals surface area contributed by atoms with E-state index in [4.69, 9.17) is 10.5 Å². The van der Waals surface area contributed by atoms with Crippen molar-refractivity contribution in [3.05, 3.63) is 71.3 Å². The Kier molecular flexibility index (Phi) is 5.31. The summed E-state index contributed by atoms with van der Waals surface area (Å²) >= 11 is 0. The summed E-state index contributed by atoms with van der Waals surface area (Å²) in [5.74, 6) is -1.58. The molecule has 0 saturated heterocycles. The van der Waals surface area contributed by atoms with Crippen molar-refractivity contribution in [1.82, 2.24) is 4.90 Å². The normalized spacial score (nSPS) is 11.4. The van der Waals surface area contributed by atoms with Crippen LogP contribution in [0.4, 0.5) is 0 Å². The Bertz CT molecular complexity index is 739. The average molecular weight is 326 g/mol. The average Bonchev–Trinajstić information content (AvgIpc) is 2.59. The first-order valence-corrected chi connectivity index (χ1v) is 7.27. The molecule has 1 atom stereocenters. The third-order valence-electron chi connectivity index (χ3n) is 3.40. The number of nitrogens with two attached hydrogens (primary N) is 1. The van der Waals surface area contributed by atoms with Crippen LogP contribution in [0.2, 0.25) is 0 Å². The molecular weight excluding hydrogens is 308 g/mol. The highest BCUT2D eigenvalue weighted by Gasteiger charge is 2.26. The summed E-state index contributed by atoms with van der Waals surface area (Å²) in [6.45, 7) is 0. The molecule has 0 spiro atoms. The third-order valence-corrected chi connectivity index (χ3v) is 3.40. The van der Waals surface area contributed by atoms with Gasteiger partial charge < -0.3 is 15.4 Å². The number of hydrogen-bond acceptors (Lipinski definition) is 4. The summed E-state index contributed by atoms with van der Waals surface area (Å²) in [7, 11) is 3.18. The second-order valence-electron chi connectivity index (χ2n) is 5.37. The quantitative estimate of drug-likeness (QED) is 0.848. The van der Waals surface area contributed by atoms with Crippen LogP contribution in [0.15, 0.2) is 54.6 Å². The number of primary amides is 1. The number of hydrogen-bond donors (Lipinski definition) is 1. The predicted octanol–water partition coefficient (Wildman–Crippen LogP) is 1.77. The van der Waals surface area contributed by atoms with E-state index in [1.165, 1.54) is 29.2 Å². The molecule has 24 heavy (non-hydrogen) atoms. The van der Waals surface area contributed by atoms with Gasteiger partial charge in [-0.1, -0.05) is 30.3 Å². The first kappa shape index (κ1) is 17.2. The topological polar surface area (TPSA) is 89.7 Å². The molecule has 2 rings (SSSR count). The van der Waals surface area contributed by atoms with E-state index < -0.39 is 18.0 Å². The molecule has 0 aliphatic carbocycles. The van der Waals surface area contributed by atoms with Crippen LogP contribution >= 0.6 is 0 Å². The highest BCUT2D eigenvalue weighted by molar-refractivity contribution is 5.96. The predicted molar refractivity (Wildman–Crippen MR) is 88.3 cm³/mol. The number of nitrogens with zero attached hydrogens (tertiary/aromatic N) is 1. The molecule has 0 bridgehead atoms. The number of carbonyl (C=O) groups excluding carboxylic acids is 3. The van der Waals surface area contributed by atoms with Crippen LogP contribution in [0.5, 0.6) is 0 Å². The Morgan fingerprint density at radius 1 is 0.917 bits per heavy atom. The molecule has 2 aromatic rings. The maximum atomic E-state index is 12.3. The molecule has 2 amide bonds. The first-order valence-electron chi connectivity index (χ1n) is 7.27. The minimum Gasteiger partial charge on any atom is -0.444 e. The fourth-order valence-corrected chi connectivity index (χ4v) is 2.07. The van der Waals surface area contributed by atoms with E-state index in [9.17, 15) is 14.4 Å². The highest BCUT2D eigenvalue weighted by atomic mass is 16.5. The Labute approximate surface area is 139 Å². The van der Waals surface area contributed by atoms with Crippen LogP contribution < -0.4 is 5.73 Å². The third kappa shape index (κ3) is 3.98. The molecule has 124 valence electrons. The van der Waals surface area contributed by atoms with Crippen molar-refractivity contribution in [2.24, 2.45) is 5.73 Å². The van der Waals surface area contributed by atoms with Gasteiger partial charge in [-0.2, -0.15) is 0 Å². The van der Waals surface area contributed by atoms with Crippen molar-refractivity contribution in [3.63, 3.8) is 0 Å². The van der Waals surface area contributed by atoms with Crippen molar-refractivity contribution in [2.75, 3.05) is 14.1 Å². The molecule has 6 heteroatoms. The van der Waals surface area contributed by atoms with Gasteiger partial charge in [-0.25, -0.2) is 4.79 Å². The van der Waals surface area contributed by atoms with Crippen LogP contribution in [0.1, 0.15) is 32.4 Å². The molecule has 0 aliphatic rings. The van der Waals surface area contributed by atoms with Crippen molar-refractivity contribution in [3.8, 4) is 0 Å². The molecule has 6 nitrogen and oxygen atoms in total. The lowest BCUT2D eigenvalue weighted by Crippen LogP contribution is -2.31. The molecule has 0 aliphatic heterocycles. The molecule has 0 heterocycles. The second kappa shape index (κ2) is 7.41. The van der Waals surface area contributed by atoms with Crippen molar-refractivity contribution in [1.29, 1.82) is 0 Å². The summed E-state index contributed by atoms with van der Waals surface area (Å²) in [5.41, 5.74) is 6.26. The molecule has 0 unspecified atom stereocenters. The van der Waals surface area contributed by atoms with E-state index in [0.29, 0.717) is 5.56 Å². The minimum atomic E-state index is -1.04. The van der Waals surface area contributed by atoms with Gasteiger partial charge in [0.1, 0.15) is 0 Å². The fraction of sp³-hybridized carbons (Fsp3) is 0.167. The number of carbonyl (C=O) groups is 3. The summed E-state index contributed by atoms with van der Waals surface area (Å²) in [5, 5.41) is 0. The van der Waals surface area contributed by atoms with Gasteiger partial charge in [0.15, 0.2) is 0 Å². The van der Waals surface area contributed by atoms with E-state index in [1.54, 1.807) is 38.4 Å². The van der Waals surface area contributed by atoms with E-state index in [1.807, 2.05) is 6.07 Å². The zero-order valence-corrected chi connectivity index (χ0v) is 13.4. The molecule has 2 N–H and O–H groups in total. The first-order chi connectivity index (χ1) is 11.4. The molecular formula is C18H18N2O4. The lowest BCUT2D eigenvalue weighted by atomic mass is 10.1. The summed E-state index contributed by atoms with van der Waals surface area (Å²) in [6, 6.07) is 14.5. The van der Waals surface area contributed by atoms with Gasteiger partial charge in [-0.3, -0.25) is 9.59 Å². The zero-order chi connectivity index (χ0) is 17.7. The number of ether oxygens (including phenoxy) is 1. The van der Waals surface area contributed by atoms with Crippen LogP contribution in [-0.2, 0) is 9.53 Å². The lowest BCUT2D eigenvalue weighted by Gasteiger charge is -2.21. The Hall–Kier alpha value is -3.15. The summed E-state index contributed by atoms with van der Waals surface area (Å²) in [6.07, 6.45) is -1.04. The van der Waals surface area contributed by atoms with Crippen LogP contribution in [0.25, 0.3) is 0 Å². The van der Waals surface area contributed by atoms with Crippen LogP contribution in [-0.4, -0.2) is 36.8 Å². The van der Waals surface area contributed by atoms with Crippen LogP contribution in [0, 0.1) is 0 Å². The van der Waals surface area contributed by atoms with Crippen molar-refractivity contribution >= 4 is 17.8 Å². The van der Waals surface area contributed by atoms with Gasteiger partial charge in [0, 0.05) is 25.2 Å². The van der Waals surface area contributed by atoms with Crippen LogP contribution in [0.3, 0.4) is 0 Å². The Morgan fingerprint density at radius 3 is 1.96 bits per heavy atom. The number of rotatable bonds is 5. The minimum absolute atomic E-state index is 0.229. The highest BCUT2D eigenvalue weighted by Crippen LogP contribution is 2.21. The van der Waals surface area contributed by atoms with Crippen molar-refractivity contribution in [2.45, 2.75) is 6.10 Å². The molecule has 2 aromatic carbocycles. The maximum Gasteiger partial charge on any atom is 0.339 e. The van der Waals surface area contributed by atoms with E-state index in [2.05, 4.69) is 0 Å². The van der Waals surface area contributed by atoms with Gasteiger partial charge in [0.05, 0.1) is 5.56 Å². The largest absolute Gasteiger partial charge is 0.444 e. The van der Waals surface area contributed by atoms with Gasteiger partial charge >= 0.3 is 5.97 Å². The summed E-state index contributed by atoms with van der Waals surface area (Å²) in [4.78, 5) is 37.1. The van der Waals surface area contributed by atoms with Gasteiger partial charge in [0.25, 0.3) is 5.91 Å². The SMILES string of the molecule is CN(C)C(=O)[C@@H](OC(=O)c1ccc(C(N)=O)cc1)c1ccccc1. The Morgan fingerprint density at radius 2 is 1.46 bits per heavy atom. The number of amides is 2. The smallest absolute Gasteiger partial charge is 0.339 e. The van der Waals surface area contributed by atoms with E-state index >= 15 is 0 Å². The second-order valence-corrected chi connectivity index (χ2v) is 5.37. The molecule has 0 radical (unpaired) electrons. The molecule has 0 fully saturated rings. The van der Waals surface area contributed by atoms with E-state index in [-0.39, 0.29) is 17.0 Å². The molecule has 0 aromatic heterocycles. The van der Waals surface area contributed by atoms with E-state index in [0.717, 1.165) is 0 Å². The number of esters is 1. The monoisotopic (exact) mass is 326 g/mol.